The number of hydrogen-bond donors (Lipinski definition) is 1. The van der Waals surface area contributed by atoms with E-state index in [1.54, 1.807) is 6.20 Å². The van der Waals surface area contributed by atoms with Crippen molar-refractivity contribution in [3.8, 4) is 11.4 Å². The maximum atomic E-state index is 11.6. The van der Waals surface area contributed by atoms with Gasteiger partial charge in [-0.25, -0.2) is 4.98 Å². The second-order valence-electron chi connectivity index (χ2n) is 4.59. The van der Waals surface area contributed by atoms with Crippen LogP contribution in [-0.4, -0.2) is 27.5 Å². The molecule has 0 spiro atoms. The number of aromatic nitrogens is 3. The van der Waals surface area contributed by atoms with Gasteiger partial charge in [0.15, 0.2) is 0 Å². The maximum absolute atomic E-state index is 11.6. The Kier molecular flexibility index (Phi) is 3.03. The van der Waals surface area contributed by atoms with Crippen molar-refractivity contribution in [3.05, 3.63) is 36.4 Å². The number of pyridine rings is 1. The fourth-order valence-electron chi connectivity index (χ4n) is 2.18. The molecule has 0 saturated heterocycles. The number of ether oxygens (including phenoxy) is 1. The first kappa shape index (κ1) is 11.9. The summed E-state index contributed by atoms with van der Waals surface area (Å²) >= 11 is 0. The highest BCUT2D eigenvalue weighted by Crippen LogP contribution is 2.47. The molecule has 1 saturated carbocycles. The van der Waals surface area contributed by atoms with Crippen molar-refractivity contribution in [2.75, 3.05) is 6.61 Å². The van der Waals surface area contributed by atoms with Gasteiger partial charge in [0.2, 0.25) is 0 Å². The van der Waals surface area contributed by atoms with Gasteiger partial charge in [0.05, 0.1) is 18.2 Å². The summed E-state index contributed by atoms with van der Waals surface area (Å²) in [5.74, 6) is 0.848. The number of rotatable bonds is 4. The number of hydrogen-bond acceptors (Lipinski definition) is 4. The Morgan fingerprint density at radius 2 is 2.37 bits per heavy atom. The lowest BCUT2D eigenvalue weighted by molar-refractivity contribution is -0.144. The fourth-order valence-corrected chi connectivity index (χ4v) is 2.18. The van der Waals surface area contributed by atoms with Gasteiger partial charge in [0.1, 0.15) is 11.5 Å². The van der Waals surface area contributed by atoms with Crippen LogP contribution in [0.25, 0.3) is 11.4 Å². The Balaban J connectivity index is 1.72. The first-order chi connectivity index (χ1) is 9.29. The van der Waals surface area contributed by atoms with Crippen LogP contribution in [0, 0.1) is 5.92 Å². The monoisotopic (exact) mass is 257 g/mol. The van der Waals surface area contributed by atoms with E-state index >= 15 is 0 Å². The summed E-state index contributed by atoms with van der Waals surface area (Å²) in [6.45, 7) is 2.25. The average molecular weight is 257 g/mol. The second kappa shape index (κ2) is 4.84. The molecule has 5 heteroatoms. The molecule has 2 unspecified atom stereocenters. The predicted molar refractivity (Wildman–Crippen MR) is 69.3 cm³/mol. The molecule has 19 heavy (non-hydrogen) atoms. The van der Waals surface area contributed by atoms with Gasteiger partial charge in [-0.3, -0.25) is 9.78 Å². The molecular formula is C14H15N3O2. The summed E-state index contributed by atoms with van der Waals surface area (Å²) in [7, 11) is 0. The molecule has 2 heterocycles. The molecule has 3 rings (SSSR count). The van der Waals surface area contributed by atoms with Crippen molar-refractivity contribution < 1.29 is 9.53 Å². The smallest absolute Gasteiger partial charge is 0.309 e. The first-order valence-electron chi connectivity index (χ1n) is 6.43. The van der Waals surface area contributed by atoms with E-state index in [-0.39, 0.29) is 17.8 Å². The Labute approximate surface area is 111 Å². The van der Waals surface area contributed by atoms with Crippen molar-refractivity contribution in [3.63, 3.8) is 0 Å². The zero-order valence-electron chi connectivity index (χ0n) is 10.7. The largest absolute Gasteiger partial charge is 0.466 e. The molecule has 1 aliphatic rings. The van der Waals surface area contributed by atoms with Gasteiger partial charge in [-0.05, 0) is 25.5 Å². The second-order valence-corrected chi connectivity index (χ2v) is 4.59. The fraction of sp³-hybridized carbons (Fsp3) is 0.357. The minimum absolute atomic E-state index is 0.0392. The number of carbonyl (C=O) groups excluding carboxylic acids is 1. The molecule has 0 aromatic carbocycles. The maximum Gasteiger partial charge on any atom is 0.309 e. The topological polar surface area (TPSA) is 67.9 Å². The summed E-state index contributed by atoms with van der Waals surface area (Å²) < 4.78 is 5.02. The Morgan fingerprint density at radius 3 is 3.11 bits per heavy atom. The Morgan fingerprint density at radius 1 is 1.47 bits per heavy atom. The van der Waals surface area contributed by atoms with Crippen LogP contribution >= 0.6 is 0 Å². The molecule has 1 fully saturated rings. The van der Waals surface area contributed by atoms with E-state index in [4.69, 9.17) is 4.74 Å². The molecule has 1 aliphatic carbocycles. The number of aromatic amines is 1. The molecule has 98 valence electrons. The van der Waals surface area contributed by atoms with Crippen LogP contribution in [0.4, 0.5) is 0 Å². The van der Waals surface area contributed by atoms with Gasteiger partial charge in [0, 0.05) is 18.3 Å². The van der Waals surface area contributed by atoms with E-state index in [0.29, 0.717) is 6.61 Å². The number of nitrogens with zero attached hydrogens (tertiary/aromatic N) is 2. The molecule has 2 aromatic heterocycles. The predicted octanol–water partition coefficient (Wildman–Crippen LogP) is 2.14. The average Bonchev–Trinajstić information content (AvgIpc) is 3.10. The van der Waals surface area contributed by atoms with Gasteiger partial charge >= 0.3 is 5.97 Å². The third kappa shape index (κ3) is 2.36. The van der Waals surface area contributed by atoms with Crippen molar-refractivity contribution in [1.82, 2.24) is 15.0 Å². The minimum atomic E-state index is -0.122. The zero-order valence-corrected chi connectivity index (χ0v) is 10.7. The Bertz CT molecular complexity index is 579. The lowest BCUT2D eigenvalue weighted by Crippen LogP contribution is -2.07. The van der Waals surface area contributed by atoms with E-state index in [2.05, 4.69) is 15.0 Å². The molecule has 0 amide bonds. The summed E-state index contributed by atoms with van der Waals surface area (Å²) in [6, 6.07) is 5.71. The van der Waals surface area contributed by atoms with Crippen LogP contribution in [-0.2, 0) is 9.53 Å². The number of nitrogens with one attached hydrogen (secondary N) is 1. The zero-order chi connectivity index (χ0) is 13.2. The molecule has 2 atom stereocenters. The number of esters is 1. The molecule has 0 aliphatic heterocycles. The molecular weight excluding hydrogens is 242 g/mol. The van der Waals surface area contributed by atoms with E-state index in [1.807, 2.05) is 31.3 Å². The highest BCUT2D eigenvalue weighted by atomic mass is 16.5. The molecule has 2 aromatic rings. The summed E-state index contributed by atoms with van der Waals surface area (Å²) in [5.41, 5.74) is 1.64. The van der Waals surface area contributed by atoms with Crippen LogP contribution in [0.3, 0.4) is 0 Å². The summed E-state index contributed by atoms with van der Waals surface area (Å²) in [4.78, 5) is 23.5. The molecule has 0 radical (unpaired) electrons. The standard InChI is InChI=1S/C14H15N3O2/c1-2-19-14(18)10-7-9(10)13-16-8-12(17-13)11-5-3-4-6-15-11/h3-6,8-10H,2,7H2,1H3,(H,16,17). The van der Waals surface area contributed by atoms with Gasteiger partial charge in [-0.15, -0.1) is 0 Å². The number of imidazole rings is 1. The third-order valence-electron chi connectivity index (χ3n) is 3.26. The Hall–Kier alpha value is -2.17. The van der Waals surface area contributed by atoms with Gasteiger partial charge in [-0.2, -0.15) is 0 Å². The number of carbonyl (C=O) groups is 1. The summed E-state index contributed by atoms with van der Waals surface area (Å²) in [5, 5.41) is 0. The normalized spacial score (nSPS) is 21.1. The van der Waals surface area contributed by atoms with Crippen molar-refractivity contribution in [2.24, 2.45) is 5.92 Å². The highest BCUT2D eigenvalue weighted by Gasteiger charge is 2.47. The third-order valence-corrected chi connectivity index (χ3v) is 3.26. The lowest BCUT2D eigenvalue weighted by atomic mass is 10.3. The van der Waals surface area contributed by atoms with Crippen molar-refractivity contribution >= 4 is 5.97 Å². The molecule has 0 bridgehead atoms. The van der Waals surface area contributed by atoms with Crippen LogP contribution in [0.1, 0.15) is 25.1 Å². The molecule has 5 nitrogen and oxygen atoms in total. The van der Waals surface area contributed by atoms with Crippen molar-refractivity contribution in [1.29, 1.82) is 0 Å². The van der Waals surface area contributed by atoms with E-state index < -0.39 is 0 Å². The SMILES string of the molecule is CCOC(=O)C1CC1c1nc(-c2ccccn2)c[nH]1. The van der Waals surface area contributed by atoms with Crippen LogP contribution in [0.2, 0.25) is 0 Å². The van der Waals surface area contributed by atoms with E-state index in [9.17, 15) is 4.79 Å². The minimum Gasteiger partial charge on any atom is -0.466 e. The highest BCUT2D eigenvalue weighted by molar-refractivity contribution is 5.77. The molecule has 1 N–H and O–H groups in total. The van der Waals surface area contributed by atoms with Gasteiger partial charge in [0.25, 0.3) is 0 Å². The van der Waals surface area contributed by atoms with Crippen LogP contribution < -0.4 is 0 Å². The van der Waals surface area contributed by atoms with Gasteiger partial charge in [-0.1, -0.05) is 6.07 Å². The van der Waals surface area contributed by atoms with E-state index in [0.717, 1.165) is 23.6 Å². The van der Waals surface area contributed by atoms with Gasteiger partial charge < -0.3 is 9.72 Å². The van der Waals surface area contributed by atoms with Crippen molar-refractivity contribution in [2.45, 2.75) is 19.3 Å². The first-order valence-corrected chi connectivity index (χ1v) is 6.43. The van der Waals surface area contributed by atoms with Crippen LogP contribution in [0.5, 0.6) is 0 Å². The lowest BCUT2D eigenvalue weighted by Gasteiger charge is -1.98. The van der Waals surface area contributed by atoms with Crippen LogP contribution in [0.15, 0.2) is 30.6 Å². The number of H-pyrrole nitrogens is 1. The summed E-state index contributed by atoms with van der Waals surface area (Å²) in [6.07, 6.45) is 4.38. The van der Waals surface area contributed by atoms with E-state index in [1.165, 1.54) is 0 Å². The quantitative estimate of drug-likeness (QED) is 0.852.